The van der Waals surface area contributed by atoms with E-state index < -0.39 is 0 Å². The first-order chi connectivity index (χ1) is 34.7. The van der Waals surface area contributed by atoms with E-state index in [-0.39, 0.29) is 0 Å². The van der Waals surface area contributed by atoms with Crippen LogP contribution in [0.15, 0.2) is 239 Å². The first kappa shape index (κ1) is 38.6. The third kappa shape index (κ3) is 5.93. The predicted octanol–water partition coefficient (Wildman–Crippen LogP) is 17.1. The van der Waals surface area contributed by atoms with Gasteiger partial charge in [0, 0.05) is 83.3 Å². The molecule has 0 aliphatic carbocycles. The second-order valence-electron chi connectivity index (χ2n) is 18.1. The van der Waals surface area contributed by atoms with E-state index in [1.165, 1.54) is 16.3 Å². The maximum atomic E-state index is 6.65. The molecule has 15 rings (SSSR count). The number of fused-ring (bicyclic) bond motifs is 12. The maximum absolute atomic E-state index is 6.65. The fourth-order valence-corrected chi connectivity index (χ4v) is 10.8. The van der Waals surface area contributed by atoms with Crippen LogP contribution in [-0.2, 0) is 0 Å². The fraction of sp³-hybridized carbons (Fsp3) is 0. The van der Waals surface area contributed by atoms with Crippen LogP contribution < -0.4 is 0 Å². The Balaban J connectivity index is 0.913. The van der Waals surface area contributed by atoms with Crippen molar-refractivity contribution in [1.29, 1.82) is 0 Å². The van der Waals surface area contributed by atoms with Gasteiger partial charge in [0.15, 0.2) is 5.82 Å². The van der Waals surface area contributed by atoms with Crippen molar-refractivity contribution in [3.63, 3.8) is 0 Å². The molecule has 0 aliphatic rings. The summed E-state index contributed by atoms with van der Waals surface area (Å²) in [4.78, 5) is 10.4. The minimum absolute atomic E-state index is 0.662. The Hall–Kier alpha value is -9.52. The van der Waals surface area contributed by atoms with Crippen LogP contribution in [0.3, 0.4) is 0 Å². The van der Waals surface area contributed by atoms with Crippen molar-refractivity contribution >= 4 is 87.5 Å². The van der Waals surface area contributed by atoms with Gasteiger partial charge in [-0.1, -0.05) is 140 Å². The lowest BCUT2D eigenvalue weighted by Crippen LogP contribution is -1.98. The molecule has 0 N–H and O–H groups in total. The molecule has 0 bridgehead atoms. The minimum atomic E-state index is 0.662. The van der Waals surface area contributed by atoms with Gasteiger partial charge in [-0.2, -0.15) is 0 Å². The highest BCUT2D eigenvalue weighted by molar-refractivity contribution is 6.20. The van der Waals surface area contributed by atoms with Gasteiger partial charge < -0.3 is 18.0 Å². The number of benzene rings is 10. The van der Waals surface area contributed by atoms with Gasteiger partial charge in [-0.25, -0.2) is 9.97 Å². The van der Waals surface area contributed by atoms with Gasteiger partial charge in [-0.3, -0.25) is 0 Å². The summed E-state index contributed by atoms with van der Waals surface area (Å²) in [6, 6.07) is 81.3. The molecule has 70 heavy (non-hydrogen) atoms. The molecule has 0 saturated carbocycles. The summed E-state index contributed by atoms with van der Waals surface area (Å²) in [5, 5.41) is 9.07. The summed E-state index contributed by atoms with van der Waals surface area (Å²) in [6.45, 7) is 0. The van der Waals surface area contributed by atoms with Crippen LogP contribution in [0.2, 0.25) is 0 Å². The van der Waals surface area contributed by atoms with Crippen LogP contribution in [0.25, 0.3) is 144 Å². The lowest BCUT2D eigenvalue weighted by molar-refractivity contribution is 0.669. The number of hydrogen-bond acceptors (Lipinski definition) is 4. The Bertz CT molecular complexity index is 4520. The van der Waals surface area contributed by atoms with Gasteiger partial charge >= 0.3 is 0 Å². The van der Waals surface area contributed by atoms with Gasteiger partial charge in [-0.05, 0) is 90.0 Å². The molecule has 0 fully saturated rings. The molecule has 5 heterocycles. The third-order valence-electron chi connectivity index (χ3n) is 14.1. The SMILES string of the molecule is c1ccc(-c2cc(-c3ccccc3)nc(-c3cccc(-n4c5ccc(-c6ccc7oc8cc9c(cc8c7c6)c6ccccc6n9-c6ccccc6)cc5c5cc6c(cc54)oc4ccccc46)c3)n2)cc1. The Morgan fingerprint density at radius 2 is 0.743 bits per heavy atom. The number of aromatic nitrogens is 4. The second kappa shape index (κ2) is 15.0. The zero-order valence-corrected chi connectivity index (χ0v) is 37.5. The van der Waals surface area contributed by atoms with Gasteiger partial charge in [-0.15, -0.1) is 0 Å². The Morgan fingerprint density at radius 3 is 1.46 bits per heavy atom. The van der Waals surface area contributed by atoms with Crippen LogP contribution in [0.4, 0.5) is 0 Å². The lowest BCUT2D eigenvalue weighted by atomic mass is 10.00. The molecule has 326 valence electrons. The van der Waals surface area contributed by atoms with E-state index in [9.17, 15) is 0 Å². The number of nitrogens with zero attached hydrogens (tertiary/aromatic N) is 4. The van der Waals surface area contributed by atoms with E-state index in [0.717, 1.165) is 122 Å². The summed E-state index contributed by atoms with van der Waals surface area (Å²) in [5.74, 6) is 0.662. The lowest BCUT2D eigenvalue weighted by Gasteiger charge is -2.12. The first-order valence-electron chi connectivity index (χ1n) is 23.6. The zero-order valence-electron chi connectivity index (χ0n) is 37.5. The van der Waals surface area contributed by atoms with Crippen LogP contribution in [0.5, 0.6) is 0 Å². The van der Waals surface area contributed by atoms with E-state index in [1.54, 1.807) is 0 Å². The van der Waals surface area contributed by atoms with Crippen molar-refractivity contribution in [2.24, 2.45) is 0 Å². The first-order valence-corrected chi connectivity index (χ1v) is 23.6. The highest BCUT2D eigenvalue weighted by Gasteiger charge is 2.21. The maximum Gasteiger partial charge on any atom is 0.160 e. The number of furan rings is 2. The summed E-state index contributed by atoms with van der Waals surface area (Å²) in [5.41, 5.74) is 17.0. The minimum Gasteiger partial charge on any atom is -0.456 e. The topological polar surface area (TPSA) is 61.9 Å². The molecule has 6 heteroatoms. The fourth-order valence-electron chi connectivity index (χ4n) is 10.8. The van der Waals surface area contributed by atoms with Crippen molar-refractivity contribution in [2.75, 3.05) is 0 Å². The van der Waals surface area contributed by atoms with E-state index in [4.69, 9.17) is 18.8 Å². The van der Waals surface area contributed by atoms with E-state index >= 15 is 0 Å². The standard InChI is InChI=1S/C64H38N4O2/c1-4-15-39(16-5-1)54-36-55(40-17-6-2-7-18-40)66-64(65-54)43-19-14-22-45(31-43)68-57-29-27-41(32-48(57)50-35-52-47-24-11-13-26-60(47)69-62(52)38-59(50)68)42-28-30-61-51(33-42)53-34-49-46-23-10-12-25-56(46)67(44-20-8-3-9-21-44)58(49)37-63(53)70-61/h1-38H. The molecule has 0 spiro atoms. The van der Waals surface area contributed by atoms with E-state index in [1.807, 2.05) is 48.5 Å². The molecular weight excluding hydrogens is 857 g/mol. The quantitative estimate of drug-likeness (QED) is 0.167. The van der Waals surface area contributed by atoms with E-state index in [0.29, 0.717) is 5.82 Å². The number of para-hydroxylation sites is 3. The van der Waals surface area contributed by atoms with Gasteiger partial charge in [0.2, 0.25) is 0 Å². The second-order valence-corrected chi connectivity index (χ2v) is 18.1. The highest BCUT2D eigenvalue weighted by Crippen LogP contribution is 2.43. The molecule has 0 radical (unpaired) electrons. The summed E-state index contributed by atoms with van der Waals surface area (Å²) in [7, 11) is 0. The third-order valence-corrected chi connectivity index (χ3v) is 14.1. The summed E-state index contributed by atoms with van der Waals surface area (Å²) < 4.78 is 17.9. The van der Waals surface area contributed by atoms with E-state index in [2.05, 4.69) is 191 Å². The summed E-state index contributed by atoms with van der Waals surface area (Å²) in [6.07, 6.45) is 0. The van der Waals surface area contributed by atoms with Crippen LogP contribution in [-0.4, -0.2) is 19.1 Å². The van der Waals surface area contributed by atoms with Gasteiger partial charge in [0.1, 0.15) is 22.3 Å². The summed E-state index contributed by atoms with van der Waals surface area (Å²) >= 11 is 0. The number of hydrogen-bond donors (Lipinski definition) is 0. The molecule has 0 atom stereocenters. The van der Waals surface area contributed by atoms with Crippen LogP contribution in [0, 0.1) is 0 Å². The molecule has 0 aliphatic heterocycles. The molecule has 10 aromatic carbocycles. The normalized spacial score (nSPS) is 12.0. The Labute approximate surface area is 400 Å². The average molecular weight is 895 g/mol. The van der Waals surface area contributed by atoms with Crippen LogP contribution in [0.1, 0.15) is 0 Å². The van der Waals surface area contributed by atoms with Gasteiger partial charge in [0.05, 0.1) is 33.5 Å². The molecular formula is C64H38N4O2. The van der Waals surface area contributed by atoms with Gasteiger partial charge in [0.25, 0.3) is 0 Å². The van der Waals surface area contributed by atoms with Crippen molar-refractivity contribution in [2.45, 2.75) is 0 Å². The Morgan fingerprint density at radius 1 is 0.257 bits per heavy atom. The smallest absolute Gasteiger partial charge is 0.160 e. The molecule has 6 nitrogen and oxygen atoms in total. The molecule has 0 unspecified atom stereocenters. The monoisotopic (exact) mass is 894 g/mol. The van der Waals surface area contributed by atoms with Crippen molar-refractivity contribution in [3.8, 4) is 56.4 Å². The predicted molar refractivity (Wildman–Crippen MR) is 287 cm³/mol. The molecule has 15 aromatic rings. The van der Waals surface area contributed by atoms with Crippen LogP contribution >= 0.6 is 0 Å². The van der Waals surface area contributed by atoms with Crippen molar-refractivity contribution in [1.82, 2.24) is 19.1 Å². The Kier molecular flexibility index (Phi) is 8.26. The van der Waals surface area contributed by atoms with Crippen molar-refractivity contribution in [3.05, 3.63) is 231 Å². The molecule has 5 aromatic heterocycles. The zero-order chi connectivity index (χ0) is 45.9. The highest BCUT2D eigenvalue weighted by atomic mass is 16.3. The molecule has 0 amide bonds. The molecule has 0 saturated heterocycles. The average Bonchev–Trinajstić information content (AvgIpc) is 4.17. The number of rotatable bonds is 6. The largest absolute Gasteiger partial charge is 0.456 e. The van der Waals surface area contributed by atoms with Crippen molar-refractivity contribution < 1.29 is 8.83 Å².